The van der Waals surface area contributed by atoms with Crippen molar-refractivity contribution in [2.24, 2.45) is 13.0 Å². The van der Waals surface area contributed by atoms with Gasteiger partial charge in [-0.05, 0) is 50.4 Å². The van der Waals surface area contributed by atoms with Gasteiger partial charge in [-0.1, -0.05) is 12.1 Å². The minimum absolute atomic E-state index is 0.163. The van der Waals surface area contributed by atoms with Crippen LogP contribution in [-0.2, 0) is 18.3 Å². The zero-order valence-electron chi connectivity index (χ0n) is 16.2. The number of carbonyl (C=O) groups excluding carboxylic acids is 1. The smallest absolute Gasteiger partial charge is 0.143 e. The Labute approximate surface area is 164 Å². The third kappa shape index (κ3) is 3.56. The average Bonchev–Trinajstić information content (AvgIpc) is 3.48. The van der Waals surface area contributed by atoms with Crippen LogP contribution in [0.5, 0.6) is 0 Å². The first-order valence-corrected chi connectivity index (χ1v) is 10.2. The van der Waals surface area contributed by atoms with E-state index < -0.39 is 0 Å². The van der Waals surface area contributed by atoms with E-state index in [-0.39, 0.29) is 5.92 Å². The second-order valence-corrected chi connectivity index (χ2v) is 8.15. The summed E-state index contributed by atoms with van der Waals surface area (Å²) in [6.07, 6.45) is 10.6. The van der Waals surface area contributed by atoms with Crippen LogP contribution in [0.4, 0.5) is 0 Å². The van der Waals surface area contributed by atoms with E-state index in [1.54, 1.807) is 4.68 Å². The minimum atomic E-state index is 0.163. The number of Topliss-reactive ketones (excluding diaryl/α,β-unsaturated/α-hetero) is 1. The van der Waals surface area contributed by atoms with Gasteiger partial charge >= 0.3 is 0 Å². The van der Waals surface area contributed by atoms with Gasteiger partial charge in [0.15, 0.2) is 0 Å². The third-order valence-corrected chi connectivity index (χ3v) is 6.05. The fourth-order valence-corrected chi connectivity index (χ4v) is 4.22. The van der Waals surface area contributed by atoms with E-state index in [1.165, 1.54) is 12.8 Å². The maximum Gasteiger partial charge on any atom is 0.143 e. The molecule has 144 valence electrons. The van der Waals surface area contributed by atoms with E-state index in [9.17, 15) is 4.79 Å². The Morgan fingerprint density at radius 3 is 2.64 bits per heavy atom. The molecule has 1 aliphatic heterocycles. The fourth-order valence-electron chi connectivity index (χ4n) is 4.22. The van der Waals surface area contributed by atoms with Crippen LogP contribution in [0.1, 0.15) is 31.5 Å². The van der Waals surface area contributed by atoms with Gasteiger partial charge in [0.25, 0.3) is 0 Å². The number of hydrogen-bond donors (Lipinski definition) is 0. The quantitative estimate of drug-likeness (QED) is 0.686. The van der Waals surface area contributed by atoms with Crippen LogP contribution >= 0.6 is 0 Å². The van der Waals surface area contributed by atoms with Gasteiger partial charge in [0.1, 0.15) is 11.6 Å². The van der Waals surface area contributed by atoms with Gasteiger partial charge in [0.2, 0.25) is 0 Å². The molecular weight excluding hydrogens is 350 g/mol. The number of rotatable bonds is 5. The molecule has 5 rings (SSSR count). The van der Waals surface area contributed by atoms with Crippen molar-refractivity contribution in [1.82, 2.24) is 24.6 Å². The van der Waals surface area contributed by atoms with E-state index in [0.717, 1.165) is 54.0 Å². The number of fused-ring (bicyclic) bond motifs is 1. The summed E-state index contributed by atoms with van der Waals surface area (Å²) in [5, 5.41) is 5.23. The number of aromatic nitrogens is 4. The first kappa shape index (κ1) is 17.5. The van der Waals surface area contributed by atoms with Gasteiger partial charge in [-0.25, -0.2) is 9.97 Å². The Hall–Kier alpha value is -2.60. The Balaban J connectivity index is 1.30. The van der Waals surface area contributed by atoms with Crippen molar-refractivity contribution < 1.29 is 4.79 Å². The van der Waals surface area contributed by atoms with Crippen molar-refractivity contribution >= 4 is 16.7 Å². The number of nitrogens with zero attached hydrogens (tertiary/aromatic N) is 5. The molecule has 28 heavy (non-hydrogen) atoms. The normalized spacial score (nSPS) is 18.6. The van der Waals surface area contributed by atoms with Crippen molar-refractivity contribution in [3.63, 3.8) is 0 Å². The van der Waals surface area contributed by atoms with E-state index in [2.05, 4.69) is 32.1 Å². The highest BCUT2D eigenvalue weighted by molar-refractivity contribution is 5.85. The largest absolute Gasteiger partial charge is 0.300 e. The fraction of sp³-hybridized carbons (Fsp3) is 0.455. The molecule has 1 saturated carbocycles. The number of benzene rings is 1. The van der Waals surface area contributed by atoms with Crippen LogP contribution in [0.2, 0.25) is 0 Å². The standard InChI is InChI=1S/C22H25N5O/c1-26-14-18(13-24-26)16-2-3-17-12-23-22(25-20(17)10-16)11-21(28)15-6-8-27(9-7-15)19-4-5-19/h2-3,10,12-15,19H,4-9,11H2,1H3. The number of carbonyl (C=O) groups is 1. The van der Waals surface area contributed by atoms with Gasteiger partial charge in [-0.2, -0.15) is 5.10 Å². The summed E-state index contributed by atoms with van der Waals surface area (Å²) < 4.78 is 1.79. The molecule has 3 aromatic rings. The van der Waals surface area contributed by atoms with Gasteiger partial charge < -0.3 is 4.90 Å². The van der Waals surface area contributed by atoms with Crippen molar-refractivity contribution in [2.45, 2.75) is 38.1 Å². The molecular formula is C22H25N5O. The SMILES string of the molecule is Cn1cc(-c2ccc3cnc(CC(=O)C4CCN(C5CC5)CC4)nc3c2)cn1. The summed E-state index contributed by atoms with van der Waals surface area (Å²) in [5.41, 5.74) is 3.01. The van der Waals surface area contributed by atoms with Gasteiger partial charge in [-0.3, -0.25) is 9.48 Å². The van der Waals surface area contributed by atoms with Crippen LogP contribution in [0, 0.1) is 5.92 Å². The number of hydrogen-bond acceptors (Lipinski definition) is 5. The summed E-state index contributed by atoms with van der Waals surface area (Å²) in [6.45, 7) is 2.13. The predicted molar refractivity (Wildman–Crippen MR) is 108 cm³/mol. The summed E-state index contributed by atoms with van der Waals surface area (Å²) >= 11 is 0. The third-order valence-electron chi connectivity index (χ3n) is 6.05. The molecule has 2 fully saturated rings. The molecule has 0 N–H and O–H groups in total. The zero-order valence-corrected chi connectivity index (χ0v) is 16.2. The predicted octanol–water partition coefficient (Wildman–Crippen LogP) is 3.02. The van der Waals surface area contributed by atoms with Gasteiger partial charge in [0.05, 0.1) is 18.1 Å². The maximum atomic E-state index is 12.8. The number of ketones is 1. The molecule has 1 aromatic carbocycles. The lowest BCUT2D eigenvalue weighted by Gasteiger charge is -2.31. The van der Waals surface area contributed by atoms with Crippen LogP contribution in [-0.4, -0.2) is 49.6 Å². The Kier molecular flexibility index (Phi) is 4.43. The maximum absolute atomic E-state index is 12.8. The number of piperidine rings is 1. The minimum Gasteiger partial charge on any atom is -0.300 e. The molecule has 0 bridgehead atoms. The second kappa shape index (κ2) is 7.09. The van der Waals surface area contributed by atoms with Crippen LogP contribution < -0.4 is 0 Å². The number of likely N-dealkylation sites (tertiary alicyclic amines) is 1. The van der Waals surface area contributed by atoms with Crippen molar-refractivity contribution in [2.75, 3.05) is 13.1 Å². The molecule has 6 heteroatoms. The van der Waals surface area contributed by atoms with Crippen molar-refractivity contribution in [1.29, 1.82) is 0 Å². The highest BCUT2D eigenvalue weighted by atomic mass is 16.1. The lowest BCUT2D eigenvalue weighted by molar-refractivity contribution is -0.123. The highest BCUT2D eigenvalue weighted by Crippen LogP contribution is 2.31. The molecule has 0 amide bonds. The van der Waals surface area contributed by atoms with E-state index in [1.807, 2.05) is 31.7 Å². The molecule has 3 heterocycles. The topological polar surface area (TPSA) is 63.9 Å². The molecule has 0 unspecified atom stereocenters. The van der Waals surface area contributed by atoms with E-state index in [0.29, 0.717) is 18.0 Å². The molecule has 0 radical (unpaired) electrons. The zero-order chi connectivity index (χ0) is 19.1. The molecule has 2 aromatic heterocycles. The molecule has 2 aliphatic rings. The average molecular weight is 375 g/mol. The highest BCUT2D eigenvalue weighted by Gasteiger charge is 2.33. The first-order chi connectivity index (χ1) is 13.7. The molecule has 0 atom stereocenters. The Morgan fingerprint density at radius 2 is 1.93 bits per heavy atom. The molecule has 6 nitrogen and oxygen atoms in total. The van der Waals surface area contributed by atoms with Crippen molar-refractivity contribution in [3.05, 3.63) is 42.6 Å². The summed E-state index contributed by atoms with van der Waals surface area (Å²) in [6, 6.07) is 6.93. The van der Waals surface area contributed by atoms with Gasteiger partial charge in [0, 0.05) is 42.4 Å². The van der Waals surface area contributed by atoms with E-state index in [4.69, 9.17) is 0 Å². The molecule has 1 saturated heterocycles. The van der Waals surface area contributed by atoms with E-state index >= 15 is 0 Å². The molecule has 1 aliphatic carbocycles. The Morgan fingerprint density at radius 1 is 1.11 bits per heavy atom. The second-order valence-electron chi connectivity index (χ2n) is 8.15. The monoisotopic (exact) mass is 375 g/mol. The van der Waals surface area contributed by atoms with Crippen LogP contribution in [0.3, 0.4) is 0 Å². The summed E-state index contributed by atoms with van der Waals surface area (Å²) in [4.78, 5) is 24.5. The first-order valence-electron chi connectivity index (χ1n) is 10.2. The lowest BCUT2D eigenvalue weighted by atomic mass is 9.90. The van der Waals surface area contributed by atoms with Crippen molar-refractivity contribution in [3.8, 4) is 11.1 Å². The summed E-state index contributed by atoms with van der Waals surface area (Å²) in [5.74, 6) is 1.08. The lowest BCUT2D eigenvalue weighted by Crippen LogP contribution is -2.38. The van der Waals surface area contributed by atoms with Crippen LogP contribution in [0.15, 0.2) is 36.8 Å². The molecule has 0 spiro atoms. The number of aryl methyl sites for hydroxylation is 1. The van der Waals surface area contributed by atoms with Crippen LogP contribution in [0.25, 0.3) is 22.0 Å². The Bertz CT molecular complexity index is 1010. The van der Waals surface area contributed by atoms with Gasteiger partial charge in [-0.15, -0.1) is 0 Å². The summed E-state index contributed by atoms with van der Waals surface area (Å²) in [7, 11) is 1.91.